The second-order valence-corrected chi connectivity index (χ2v) is 9.73. The van der Waals surface area contributed by atoms with Crippen LogP contribution in [-0.4, -0.2) is 33.4 Å². The molecule has 5 nitrogen and oxygen atoms in total. The van der Waals surface area contributed by atoms with Crippen LogP contribution < -0.4 is 5.32 Å². The Morgan fingerprint density at radius 3 is 2.59 bits per heavy atom. The Labute approximate surface area is 202 Å². The van der Waals surface area contributed by atoms with Crippen LogP contribution in [0, 0.1) is 18.3 Å². The summed E-state index contributed by atoms with van der Waals surface area (Å²) in [6.07, 6.45) is -1.18. The van der Waals surface area contributed by atoms with E-state index in [-0.39, 0.29) is 11.4 Å². The Balaban J connectivity index is 2.15. The number of alkyl halides is 3. The molecule has 0 aliphatic rings. The van der Waals surface area contributed by atoms with Crippen LogP contribution in [0.4, 0.5) is 13.2 Å². The molecule has 0 fully saturated rings. The molecule has 0 saturated carbocycles. The Hall–Kier alpha value is -1.88. The number of aromatic amines is 1. The summed E-state index contributed by atoms with van der Waals surface area (Å²) in [6, 6.07) is 10.1. The molecule has 0 aliphatic heterocycles. The molecule has 0 aliphatic carbocycles. The van der Waals surface area contributed by atoms with E-state index in [9.17, 15) is 5.26 Å². The minimum atomic E-state index is -4.72. The monoisotopic (exact) mass is 587 g/mol. The summed E-state index contributed by atoms with van der Waals surface area (Å²) in [6.45, 7) is 1.90. The number of hydrogen-bond acceptors (Lipinski definition) is 5. The van der Waals surface area contributed by atoms with E-state index in [0.717, 1.165) is 11.1 Å². The summed E-state index contributed by atoms with van der Waals surface area (Å²) in [5, 5.41) is 12.3. The van der Waals surface area contributed by atoms with Crippen LogP contribution in [0.2, 0.25) is 0 Å². The second-order valence-electron chi connectivity index (χ2n) is 7.17. The Morgan fingerprint density at radius 2 is 2.00 bits per heavy atom. The van der Waals surface area contributed by atoms with Crippen molar-refractivity contribution < 1.29 is 13.2 Å². The average Bonchev–Trinajstić information content (AvgIpc) is 3.38. The molecule has 0 spiro atoms. The summed E-state index contributed by atoms with van der Waals surface area (Å²) < 4.78 is 47.0. The van der Waals surface area contributed by atoms with E-state index < -0.39 is 11.7 Å². The third-order valence-electron chi connectivity index (χ3n) is 5.52. The molecule has 4 aromatic rings. The minimum absolute atomic E-state index is 0.101. The van der Waals surface area contributed by atoms with E-state index in [1.807, 2.05) is 17.0 Å². The lowest BCUT2D eigenvalue weighted by Crippen LogP contribution is -2.54. The van der Waals surface area contributed by atoms with Crippen LogP contribution in [0.15, 0.2) is 41.4 Å². The number of rotatable bonds is 5. The van der Waals surface area contributed by atoms with Gasteiger partial charge in [-0.1, -0.05) is 0 Å². The van der Waals surface area contributed by atoms with Crippen molar-refractivity contribution in [3.8, 4) is 6.07 Å². The van der Waals surface area contributed by atoms with Crippen molar-refractivity contribution in [1.29, 1.82) is 5.26 Å². The van der Waals surface area contributed by atoms with Gasteiger partial charge in [0.2, 0.25) is 5.54 Å². The van der Waals surface area contributed by atoms with E-state index in [1.54, 1.807) is 30.7 Å². The van der Waals surface area contributed by atoms with Crippen LogP contribution in [0.25, 0.3) is 21.9 Å². The quantitative estimate of drug-likeness (QED) is 0.212. The van der Waals surface area contributed by atoms with E-state index in [0.29, 0.717) is 26.9 Å². The molecular formula is C21H17F3IN5S2. The maximum absolute atomic E-state index is 15.1. The van der Waals surface area contributed by atoms with Gasteiger partial charge in [0, 0.05) is 52.4 Å². The molecule has 11 heteroatoms. The van der Waals surface area contributed by atoms with E-state index in [1.165, 1.54) is 40.1 Å². The lowest BCUT2D eigenvalue weighted by atomic mass is 9.85. The lowest BCUT2D eigenvalue weighted by Gasteiger charge is -2.36. The molecule has 166 valence electrons. The molecule has 32 heavy (non-hydrogen) atoms. The topological polar surface area (TPSA) is 69.4 Å². The van der Waals surface area contributed by atoms with Gasteiger partial charge in [-0.3, -0.25) is 9.29 Å². The smallest absolute Gasteiger partial charge is 0.340 e. The first-order valence-electron chi connectivity index (χ1n) is 9.36. The van der Waals surface area contributed by atoms with Crippen molar-refractivity contribution >= 4 is 64.0 Å². The molecule has 0 amide bonds. The summed E-state index contributed by atoms with van der Waals surface area (Å²) >= 11 is 3.37. The number of aryl methyl sites for hydroxylation is 1. The highest BCUT2D eigenvalue weighted by molar-refractivity contribution is 14.2. The average molecular weight is 587 g/mol. The molecule has 0 bridgehead atoms. The predicted octanol–water partition coefficient (Wildman–Crippen LogP) is 6.29. The van der Waals surface area contributed by atoms with Gasteiger partial charge in [0.15, 0.2) is 0 Å². The molecule has 4 rings (SSSR count). The number of nitrogens with zero attached hydrogens (tertiary/aromatic N) is 3. The molecule has 1 unspecified atom stereocenters. The summed E-state index contributed by atoms with van der Waals surface area (Å²) in [4.78, 5) is 7.70. The van der Waals surface area contributed by atoms with Crippen molar-refractivity contribution in [2.75, 3.05) is 13.3 Å². The van der Waals surface area contributed by atoms with Gasteiger partial charge in [0.25, 0.3) is 0 Å². The number of halogens is 4. The predicted molar refractivity (Wildman–Crippen MR) is 132 cm³/mol. The van der Waals surface area contributed by atoms with Crippen molar-refractivity contribution in [2.45, 2.75) is 23.5 Å². The molecule has 2 N–H and O–H groups in total. The standard InChI is InChI=1S/C21H17F3IN5S2/c1-11-8-16(31-3)17(13-6-7-30(32-25)18(11)13)20(27-2,21(22,23)24)19-28-14-5-4-12(10-26)9-15(14)29-19/h4-9,27H,1-3H3,(H,28,29). The number of H-pyrrole nitrogens is 1. The molecule has 2 heterocycles. The molecule has 0 saturated heterocycles. The van der Waals surface area contributed by atoms with E-state index in [2.05, 4.69) is 36.5 Å². The van der Waals surface area contributed by atoms with Gasteiger partial charge >= 0.3 is 6.18 Å². The summed E-state index contributed by atoms with van der Waals surface area (Å²) in [5.74, 6) is -0.270. The third-order valence-corrected chi connectivity index (χ3v) is 8.01. The van der Waals surface area contributed by atoms with Crippen molar-refractivity contribution in [1.82, 2.24) is 19.3 Å². The maximum atomic E-state index is 15.1. The van der Waals surface area contributed by atoms with Crippen LogP contribution in [0.3, 0.4) is 0 Å². The van der Waals surface area contributed by atoms with Gasteiger partial charge in [-0.15, -0.1) is 11.8 Å². The van der Waals surface area contributed by atoms with Crippen molar-refractivity contribution in [2.24, 2.45) is 0 Å². The van der Waals surface area contributed by atoms with Crippen LogP contribution in [-0.2, 0) is 5.54 Å². The van der Waals surface area contributed by atoms with Crippen molar-refractivity contribution in [3.63, 3.8) is 0 Å². The second kappa shape index (κ2) is 8.48. The number of fused-ring (bicyclic) bond motifs is 2. The first-order valence-corrected chi connectivity index (χ1v) is 13.9. The first-order chi connectivity index (χ1) is 15.2. The number of aromatic nitrogens is 3. The molecular weight excluding hydrogens is 570 g/mol. The number of imidazole rings is 1. The highest BCUT2D eigenvalue weighted by Gasteiger charge is 2.60. The Morgan fingerprint density at radius 1 is 1.25 bits per heavy atom. The number of nitriles is 1. The minimum Gasteiger partial charge on any atom is -0.340 e. The van der Waals surface area contributed by atoms with E-state index in [4.69, 9.17) is 0 Å². The van der Waals surface area contributed by atoms with Crippen LogP contribution in [0.5, 0.6) is 0 Å². The van der Waals surface area contributed by atoms with Crippen LogP contribution in [0.1, 0.15) is 22.5 Å². The fourth-order valence-corrected chi connectivity index (χ4v) is 6.28. The highest BCUT2D eigenvalue weighted by Crippen LogP contribution is 2.50. The summed E-state index contributed by atoms with van der Waals surface area (Å²) in [7, 11) is 2.69. The maximum Gasteiger partial charge on any atom is 0.418 e. The number of benzene rings is 2. The largest absolute Gasteiger partial charge is 0.418 e. The number of nitrogens with one attached hydrogen (secondary N) is 2. The molecule has 0 radical (unpaired) electrons. The lowest BCUT2D eigenvalue weighted by molar-refractivity contribution is -0.188. The van der Waals surface area contributed by atoms with Gasteiger partial charge in [0.05, 0.1) is 28.2 Å². The molecule has 1 atom stereocenters. The van der Waals surface area contributed by atoms with Gasteiger partial charge in [-0.2, -0.15) is 18.4 Å². The fourth-order valence-electron chi connectivity index (χ4n) is 4.11. The number of thioether (sulfide) groups is 1. The zero-order valence-electron chi connectivity index (χ0n) is 17.1. The molecule has 2 aromatic heterocycles. The van der Waals surface area contributed by atoms with E-state index >= 15 is 13.2 Å². The highest BCUT2D eigenvalue weighted by atomic mass is 127. The Bertz CT molecular complexity index is 1370. The normalized spacial score (nSPS) is 14.1. The van der Waals surface area contributed by atoms with Crippen molar-refractivity contribution in [3.05, 3.63) is 59.0 Å². The third kappa shape index (κ3) is 3.39. The number of hydrogen-bond donors (Lipinski definition) is 2. The van der Waals surface area contributed by atoms with Gasteiger partial charge in [-0.05, 0) is 56.1 Å². The van der Waals surface area contributed by atoms with Gasteiger partial charge < -0.3 is 4.98 Å². The van der Waals surface area contributed by atoms with Crippen LogP contribution >= 0.6 is 42.1 Å². The summed E-state index contributed by atoms with van der Waals surface area (Å²) in [5.41, 5.74) is 0.194. The molecule has 2 aromatic carbocycles. The zero-order valence-corrected chi connectivity index (χ0v) is 20.9. The zero-order chi connectivity index (χ0) is 23.3. The van der Waals surface area contributed by atoms with Gasteiger partial charge in [0.1, 0.15) is 5.82 Å². The Kier molecular flexibility index (Phi) is 6.17. The first kappa shape index (κ1) is 23.3. The van der Waals surface area contributed by atoms with Gasteiger partial charge in [-0.25, -0.2) is 4.98 Å². The SMILES string of the molecule is CNC(c1nc2ccc(C#N)cc2[nH]1)(c1c(SC)cc(C)c2c1ccn2SI)C(F)(F)F. The fraction of sp³-hybridized carbons (Fsp3) is 0.238.